The Hall–Kier alpha value is -1.15. The van der Waals surface area contributed by atoms with E-state index in [2.05, 4.69) is 6.92 Å². The van der Waals surface area contributed by atoms with Crippen LogP contribution in [0.4, 0.5) is 0 Å². The van der Waals surface area contributed by atoms with Crippen molar-refractivity contribution in [3.63, 3.8) is 0 Å². The van der Waals surface area contributed by atoms with Crippen LogP contribution in [-0.2, 0) is 19.2 Å². The summed E-state index contributed by atoms with van der Waals surface area (Å²) in [5.41, 5.74) is 1.03. The maximum absolute atomic E-state index is 13.2. The van der Waals surface area contributed by atoms with Crippen molar-refractivity contribution < 1.29 is 21.7 Å². The predicted molar refractivity (Wildman–Crippen MR) is 145 cm³/mol. The van der Waals surface area contributed by atoms with Crippen molar-refractivity contribution in [1.29, 1.82) is 0 Å². The fourth-order valence-corrected chi connectivity index (χ4v) is 11.1. The van der Waals surface area contributed by atoms with E-state index >= 15 is 0 Å². The van der Waals surface area contributed by atoms with Gasteiger partial charge in [0.25, 0.3) is 0 Å². The van der Waals surface area contributed by atoms with Crippen LogP contribution in [0.5, 0.6) is 5.75 Å². The van der Waals surface area contributed by atoms with E-state index in [4.69, 9.17) is 20.3 Å². The number of halogens is 1. The first kappa shape index (κ1) is 27.4. The van der Waals surface area contributed by atoms with Crippen molar-refractivity contribution in [3.8, 4) is 5.75 Å². The average Bonchev–Trinajstić information content (AvgIpc) is 2.79. The number of fused-ring (bicyclic) bond motifs is 1. The second kappa shape index (κ2) is 12.2. The van der Waals surface area contributed by atoms with E-state index in [0.29, 0.717) is 11.6 Å². The van der Waals surface area contributed by atoms with E-state index in [-0.39, 0.29) is 10.6 Å². The summed E-state index contributed by atoms with van der Waals surface area (Å²) in [4.78, 5) is 0.703. The van der Waals surface area contributed by atoms with Crippen LogP contribution in [0.1, 0.15) is 38.7 Å². The summed E-state index contributed by atoms with van der Waals surface area (Å²) in [6.07, 6.45) is 2.71. The molecule has 3 aromatic carbocycles. The molecule has 0 aliphatic heterocycles. The van der Waals surface area contributed by atoms with E-state index in [1.807, 2.05) is 32.0 Å². The van der Waals surface area contributed by atoms with Crippen LogP contribution >= 0.6 is 40.1 Å². The zero-order chi connectivity index (χ0) is 24.8. The van der Waals surface area contributed by atoms with Crippen LogP contribution < -0.4 is 4.18 Å². The van der Waals surface area contributed by atoms with E-state index < -0.39 is 15.9 Å². The lowest BCUT2D eigenvalue weighted by atomic mass is 10.1. The maximum atomic E-state index is 13.2. The molecule has 0 fully saturated rings. The monoisotopic (exact) mass is 558 g/mol. The zero-order valence-corrected chi connectivity index (χ0v) is 23.4. The van der Waals surface area contributed by atoms with Gasteiger partial charge in [0, 0.05) is 21.1 Å². The molecule has 0 aliphatic rings. The molecule has 0 heterocycles. The summed E-state index contributed by atoms with van der Waals surface area (Å²) in [5, 5.41) is 1.85. The summed E-state index contributed by atoms with van der Waals surface area (Å²) in [5.74, 6) is -2.06. The Kier molecular flexibility index (Phi) is 9.84. The van der Waals surface area contributed by atoms with Gasteiger partial charge < -0.3 is 8.71 Å². The second-order valence-electron chi connectivity index (χ2n) is 7.70. The van der Waals surface area contributed by atoms with E-state index in [1.165, 1.54) is 28.8 Å². The third-order valence-electron chi connectivity index (χ3n) is 4.77. The first-order valence-electron chi connectivity index (χ1n) is 11.0. The van der Waals surface area contributed by atoms with Crippen molar-refractivity contribution in [3.05, 3.63) is 65.2 Å². The normalized spacial score (nSPS) is 13.6. The number of unbranched alkanes of at least 4 members (excludes halogenated alkanes) is 1. The molecule has 1 unspecified atom stereocenters. The van der Waals surface area contributed by atoms with Crippen molar-refractivity contribution in [2.75, 3.05) is 12.4 Å². The molecule has 1 atom stereocenters. The number of rotatable bonds is 12. The van der Waals surface area contributed by atoms with E-state index in [1.54, 1.807) is 30.3 Å². The van der Waals surface area contributed by atoms with Gasteiger partial charge in [-0.15, -0.1) is 0 Å². The Labute approximate surface area is 215 Å². The summed E-state index contributed by atoms with van der Waals surface area (Å²) < 4.78 is 50.1. The second-order valence-corrected chi connectivity index (χ2v) is 17.0. The maximum Gasteiger partial charge on any atom is 0.339 e. The molecule has 3 rings (SSSR count). The minimum atomic E-state index is -4.09. The smallest absolute Gasteiger partial charge is 0.339 e. The van der Waals surface area contributed by atoms with Gasteiger partial charge in [-0.25, -0.2) is 0 Å². The topological polar surface area (TPSA) is 69.7 Å². The van der Waals surface area contributed by atoms with Gasteiger partial charge in [-0.1, -0.05) is 60.9 Å². The minimum absolute atomic E-state index is 0.0166. The van der Waals surface area contributed by atoms with Gasteiger partial charge in [0.2, 0.25) is 0 Å². The van der Waals surface area contributed by atoms with Crippen LogP contribution in [0.15, 0.2) is 64.4 Å². The Morgan fingerprint density at radius 3 is 2.41 bits per heavy atom. The van der Waals surface area contributed by atoms with Crippen molar-refractivity contribution in [2.45, 2.75) is 49.8 Å². The summed E-state index contributed by atoms with van der Waals surface area (Å²) in [6.45, 7) is 6.49. The van der Waals surface area contributed by atoms with Crippen LogP contribution in [0.2, 0.25) is 5.02 Å². The quantitative estimate of drug-likeness (QED) is 0.125. The fourth-order valence-electron chi connectivity index (χ4n) is 3.02. The average molecular weight is 559 g/mol. The fraction of sp³-hybridized carbons (Fsp3) is 0.333. The predicted octanol–water partition coefficient (Wildman–Crippen LogP) is 8.73. The lowest BCUT2D eigenvalue weighted by Crippen LogP contribution is -2.09. The van der Waals surface area contributed by atoms with Crippen molar-refractivity contribution in [2.24, 2.45) is 0 Å². The Morgan fingerprint density at radius 2 is 1.74 bits per heavy atom. The molecule has 0 bridgehead atoms. The third-order valence-corrected chi connectivity index (χ3v) is 13.5. The molecular weight excluding hydrogens is 531 g/mol. The highest BCUT2D eigenvalue weighted by molar-refractivity contribution is 8.89. The highest BCUT2D eigenvalue weighted by Crippen LogP contribution is 2.72. The molecule has 0 aromatic heterocycles. The summed E-state index contributed by atoms with van der Waals surface area (Å²) in [6, 6.07) is 15.1. The van der Waals surface area contributed by atoms with Gasteiger partial charge in [0.05, 0.1) is 6.61 Å². The Balaban J connectivity index is 1.76. The molecule has 0 amide bonds. The van der Waals surface area contributed by atoms with Crippen LogP contribution in [0, 0.1) is 6.92 Å². The Bertz CT molecular complexity index is 1280. The van der Waals surface area contributed by atoms with Crippen molar-refractivity contribution >= 4 is 61.0 Å². The number of hydrogen-bond donors (Lipinski definition) is 0. The van der Waals surface area contributed by atoms with Gasteiger partial charge in [-0.3, -0.25) is 4.57 Å². The van der Waals surface area contributed by atoms with E-state index in [9.17, 15) is 13.0 Å². The Morgan fingerprint density at radius 1 is 1.00 bits per heavy atom. The number of aryl methyl sites for hydroxylation is 1. The lowest BCUT2D eigenvalue weighted by Gasteiger charge is -2.17. The highest BCUT2D eigenvalue weighted by atomic mass is 35.5. The zero-order valence-electron chi connectivity index (χ0n) is 19.3. The molecule has 5 nitrogen and oxygen atoms in total. The van der Waals surface area contributed by atoms with Crippen molar-refractivity contribution in [1.82, 2.24) is 0 Å². The van der Waals surface area contributed by atoms with Crippen LogP contribution in [0.25, 0.3) is 10.8 Å². The standard InChI is InChI=1S/C24H28ClO5PS3/c1-4-6-13-29-31(26,32-14-5-2)33-21-11-9-20(10-12-21)30-34(27,28)22-16-19-8-7-18(3)15-23(19)24(25)17-22/h7-12,15-17H,4-6,13-14H2,1-3H3. The molecule has 0 aliphatic carbocycles. The molecule has 184 valence electrons. The molecule has 0 spiro atoms. The minimum Gasteiger partial charge on any atom is -0.379 e. The summed E-state index contributed by atoms with van der Waals surface area (Å²) in [7, 11) is -4.09. The summed E-state index contributed by atoms with van der Waals surface area (Å²) >= 11 is 8.87. The molecule has 3 aromatic rings. The van der Waals surface area contributed by atoms with Gasteiger partial charge in [-0.05, 0) is 79.0 Å². The molecule has 0 N–H and O–H groups in total. The number of hydrogen-bond acceptors (Lipinski definition) is 7. The van der Waals surface area contributed by atoms with Crippen LogP contribution in [0.3, 0.4) is 0 Å². The van der Waals surface area contributed by atoms with Gasteiger partial charge in [-0.2, -0.15) is 8.42 Å². The molecule has 0 saturated carbocycles. The molecule has 0 radical (unpaired) electrons. The number of benzene rings is 3. The molecule has 10 heteroatoms. The molecule has 34 heavy (non-hydrogen) atoms. The van der Waals surface area contributed by atoms with E-state index in [0.717, 1.165) is 46.2 Å². The largest absolute Gasteiger partial charge is 0.379 e. The third kappa shape index (κ3) is 7.42. The first-order valence-corrected chi connectivity index (χ1v) is 17.4. The molecule has 0 saturated heterocycles. The highest BCUT2D eigenvalue weighted by Gasteiger charge is 2.26. The van der Waals surface area contributed by atoms with Gasteiger partial charge in [0.1, 0.15) is 10.6 Å². The molecular formula is C24H28ClO5PS3. The van der Waals surface area contributed by atoms with Gasteiger partial charge in [0.15, 0.2) is 0 Å². The first-order chi connectivity index (χ1) is 16.2. The lowest BCUT2D eigenvalue weighted by molar-refractivity contribution is 0.327. The van der Waals surface area contributed by atoms with Gasteiger partial charge >= 0.3 is 15.9 Å². The SMILES string of the molecule is CCCCOP(=O)(SCCC)Sc1ccc(OS(=O)(=O)c2cc(Cl)c3cc(C)ccc3c2)cc1. The van der Waals surface area contributed by atoms with Crippen LogP contribution in [-0.4, -0.2) is 20.8 Å².